The average molecular weight is 744 g/mol. The second-order valence-electron chi connectivity index (χ2n) is 11.1. The van der Waals surface area contributed by atoms with Gasteiger partial charge in [0.15, 0.2) is 0 Å². The first kappa shape index (κ1) is 38.5. The fourth-order valence-electron chi connectivity index (χ4n) is 4.90. The number of benzene rings is 3. The van der Waals surface area contributed by atoms with Gasteiger partial charge in [0, 0.05) is 52.7 Å². The molecule has 0 atom stereocenters. The Balaban J connectivity index is 0.000000267. The number of halogens is 2. The summed E-state index contributed by atoms with van der Waals surface area (Å²) in [4.78, 5) is 40.0. The highest BCUT2D eigenvalue weighted by molar-refractivity contribution is 9.10. The van der Waals surface area contributed by atoms with Gasteiger partial charge in [-0.3, -0.25) is 24.0 Å². The second-order valence-corrected chi connectivity index (χ2v) is 12.4. The van der Waals surface area contributed by atoms with Crippen LogP contribution in [0.4, 0.5) is 5.69 Å². The van der Waals surface area contributed by atoms with Crippen molar-refractivity contribution in [3.8, 4) is 5.75 Å². The van der Waals surface area contributed by atoms with Crippen LogP contribution in [-0.2, 0) is 20.8 Å². The smallest absolute Gasteiger partial charge is 0.338 e. The number of nitrogens with two attached hydrogens (primary N) is 1. The number of rotatable bonds is 13. The number of aromatic nitrogens is 1. The third kappa shape index (κ3) is 10.8. The predicted molar refractivity (Wildman–Crippen MR) is 194 cm³/mol. The minimum absolute atomic E-state index is 0.0654. The Labute approximate surface area is 295 Å². The molecule has 4 rings (SSSR count). The zero-order valence-electron chi connectivity index (χ0n) is 28.3. The Hall–Kier alpha value is -3.90. The molecule has 10 nitrogen and oxygen atoms in total. The Morgan fingerprint density at radius 3 is 2.17 bits per heavy atom. The molecule has 258 valence electrons. The number of methoxy groups -OCH3 is 1. The van der Waals surface area contributed by atoms with E-state index in [9.17, 15) is 14.4 Å². The molecule has 0 radical (unpaired) electrons. The fraction of sp³-hybridized carbons (Fsp3) is 0.361. The molecule has 3 aromatic carbocycles. The van der Waals surface area contributed by atoms with E-state index in [1.54, 1.807) is 48.1 Å². The molecule has 2 N–H and O–H groups in total. The van der Waals surface area contributed by atoms with Crippen molar-refractivity contribution >= 4 is 62.0 Å². The number of esters is 2. The monoisotopic (exact) mass is 742 g/mol. The van der Waals surface area contributed by atoms with Gasteiger partial charge in [-0.15, -0.1) is 0 Å². The lowest BCUT2D eigenvalue weighted by Gasteiger charge is -2.20. The Morgan fingerprint density at radius 1 is 0.917 bits per heavy atom. The Kier molecular flexibility index (Phi) is 14.9. The van der Waals surface area contributed by atoms with Gasteiger partial charge in [-0.2, -0.15) is 0 Å². The van der Waals surface area contributed by atoms with Gasteiger partial charge in [-0.05, 0) is 109 Å². The van der Waals surface area contributed by atoms with Gasteiger partial charge in [-0.25, -0.2) is 4.79 Å². The van der Waals surface area contributed by atoms with Crippen LogP contribution < -0.4 is 10.5 Å². The normalized spacial score (nSPS) is 11.0. The number of likely N-dealkylation sites (N-methyl/N-ethyl adjacent to an activating group) is 1. The van der Waals surface area contributed by atoms with Crippen LogP contribution in [0.1, 0.15) is 52.7 Å². The van der Waals surface area contributed by atoms with Crippen LogP contribution in [0.5, 0.6) is 5.75 Å². The maximum Gasteiger partial charge on any atom is 0.338 e. The second kappa shape index (κ2) is 18.6. The van der Waals surface area contributed by atoms with Gasteiger partial charge >= 0.3 is 11.9 Å². The van der Waals surface area contributed by atoms with Gasteiger partial charge in [-0.1, -0.05) is 25.4 Å². The number of aryl methyl sites for hydroxylation is 1. The summed E-state index contributed by atoms with van der Waals surface area (Å²) in [6.07, 6.45) is 0. The molecule has 0 aliphatic carbocycles. The first-order valence-corrected chi connectivity index (χ1v) is 16.8. The molecule has 0 amide bonds. The molecule has 12 heteroatoms. The van der Waals surface area contributed by atoms with Crippen molar-refractivity contribution in [3.05, 3.63) is 92.5 Å². The maximum absolute atomic E-state index is 12.7. The number of nitrogen functional groups attached to an aromatic ring is 1. The van der Waals surface area contributed by atoms with E-state index in [2.05, 4.69) is 34.7 Å². The van der Waals surface area contributed by atoms with Crippen molar-refractivity contribution in [1.29, 1.82) is 0 Å². The van der Waals surface area contributed by atoms with E-state index in [0.717, 1.165) is 41.0 Å². The topological polar surface area (TPSA) is 116 Å². The lowest BCUT2D eigenvalue weighted by atomic mass is 10.1. The number of hydrogen-bond donors (Lipinski definition) is 1. The number of fused-ring (bicyclic) bond motifs is 1. The van der Waals surface area contributed by atoms with Crippen LogP contribution in [-0.4, -0.2) is 85.8 Å². The summed E-state index contributed by atoms with van der Waals surface area (Å²) in [6, 6.07) is 18.1. The minimum Gasteiger partial charge on any atom is -0.497 e. The molecule has 0 aliphatic heterocycles. The zero-order valence-corrected chi connectivity index (χ0v) is 30.7. The van der Waals surface area contributed by atoms with E-state index in [0.29, 0.717) is 52.6 Å². The molecule has 4 aromatic rings. The van der Waals surface area contributed by atoms with E-state index in [4.69, 9.17) is 31.5 Å². The minimum atomic E-state index is -0.384. The summed E-state index contributed by atoms with van der Waals surface area (Å²) >= 11 is 9.30. The molecule has 0 saturated heterocycles. The number of carbonyl (C=O) groups excluding carboxylic acids is 3. The van der Waals surface area contributed by atoms with Gasteiger partial charge in [0.2, 0.25) is 0 Å². The van der Waals surface area contributed by atoms with Crippen LogP contribution in [0.2, 0.25) is 5.02 Å². The highest BCUT2D eigenvalue weighted by Crippen LogP contribution is 2.28. The summed E-state index contributed by atoms with van der Waals surface area (Å²) in [5, 5.41) is 1.60. The van der Waals surface area contributed by atoms with Crippen LogP contribution in [0.25, 0.3) is 10.9 Å². The lowest BCUT2D eigenvalue weighted by molar-refractivity contribution is -0.141. The summed E-state index contributed by atoms with van der Waals surface area (Å²) in [6.45, 7) is 11.7. The SMILES string of the molecule is CCN(CC)Cc1cc(C(=O)OCCN(C)CCOC(C)=O)cc(Br)c1N.COc1ccc2c(c1)cc(C)n2C(=O)c1ccc(Cl)cc1. The summed E-state index contributed by atoms with van der Waals surface area (Å²) in [5.41, 5.74) is 10.5. The first-order chi connectivity index (χ1) is 22.9. The van der Waals surface area contributed by atoms with E-state index >= 15 is 0 Å². The molecular weight excluding hydrogens is 700 g/mol. The summed E-state index contributed by atoms with van der Waals surface area (Å²) < 4.78 is 17.9. The number of anilines is 1. The molecule has 0 spiro atoms. The zero-order chi connectivity index (χ0) is 35.4. The number of ether oxygens (including phenoxy) is 3. The third-order valence-electron chi connectivity index (χ3n) is 7.71. The molecule has 0 unspecified atom stereocenters. The Bertz CT molecular complexity index is 1710. The van der Waals surface area contributed by atoms with E-state index in [1.165, 1.54) is 6.92 Å². The quantitative estimate of drug-likeness (QED) is 0.116. The van der Waals surface area contributed by atoms with Gasteiger partial charge in [0.25, 0.3) is 5.91 Å². The van der Waals surface area contributed by atoms with Crippen molar-refractivity contribution < 1.29 is 28.6 Å². The van der Waals surface area contributed by atoms with Crippen LogP contribution in [0.3, 0.4) is 0 Å². The van der Waals surface area contributed by atoms with E-state index in [1.807, 2.05) is 43.1 Å². The highest BCUT2D eigenvalue weighted by Gasteiger charge is 2.16. The summed E-state index contributed by atoms with van der Waals surface area (Å²) in [5.74, 6) is 0.0251. The maximum atomic E-state index is 12.7. The molecule has 0 saturated carbocycles. The molecule has 0 aliphatic rings. The van der Waals surface area contributed by atoms with E-state index in [-0.39, 0.29) is 24.5 Å². The van der Waals surface area contributed by atoms with Crippen molar-refractivity contribution in [2.75, 3.05) is 59.3 Å². The van der Waals surface area contributed by atoms with Crippen LogP contribution >= 0.6 is 27.5 Å². The Morgan fingerprint density at radius 2 is 1.56 bits per heavy atom. The van der Waals surface area contributed by atoms with Crippen molar-refractivity contribution in [3.63, 3.8) is 0 Å². The molecular formula is C36H44BrClN4O6. The number of nitrogens with zero attached hydrogens (tertiary/aromatic N) is 3. The standard InChI is InChI=1S/C19H30BrN3O4.C17H14ClNO2/c1-5-23(6-2)13-16-11-15(12-17(20)18(16)21)19(25)27-10-8-22(4)7-9-26-14(3)24;1-11-9-13-10-15(21-2)7-8-16(13)19(11)17(20)12-3-5-14(18)6-4-12/h11-12H,5-10,13,21H2,1-4H3;3-10H,1-2H3. The number of carbonyl (C=O) groups is 3. The van der Waals surface area contributed by atoms with Gasteiger partial charge in [0.05, 0.1) is 23.9 Å². The van der Waals surface area contributed by atoms with Crippen molar-refractivity contribution in [2.45, 2.75) is 34.2 Å². The van der Waals surface area contributed by atoms with E-state index < -0.39 is 0 Å². The molecule has 0 bridgehead atoms. The van der Waals surface area contributed by atoms with Crippen LogP contribution in [0, 0.1) is 6.92 Å². The molecule has 0 fully saturated rings. The van der Waals surface area contributed by atoms with Gasteiger partial charge < -0.3 is 19.9 Å². The summed E-state index contributed by atoms with van der Waals surface area (Å²) in [7, 11) is 3.50. The third-order valence-corrected chi connectivity index (χ3v) is 8.62. The van der Waals surface area contributed by atoms with Crippen LogP contribution in [0.15, 0.2) is 65.1 Å². The van der Waals surface area contributed by atoms with Gasteiger partial charge in [0.1, 0.15) is 19.0 Å². The molecule has 1 aromatic heterocycles. The average Bonchev–Trinajstić information content (AvgIpc) is 3.39. The largest absolute Gasteiger partial charge is 0.497 e. The number of hydrogen-bond acceptors (Lipinski definition) is 9. The fourth-order valence-corrected chi connectivity index (χ4v) is 5.52. The molecule has 1 heterocycles. The predicted octanol–water partition coefficient (Wildman–Crippen LogP) is 6.83. The molecule has 48 heavy (non-hydrogen) atoms. The van der Waals surface area contributed by atoms with Crippen molar-refractivity contribution in [1.82, 2.24) is 14.4 Å². The lowest BCUT2D eigenvalue weighted by Crippen LogP contribution is -2.28. The highest BCUT2D eigenvalue weighted by atomic mass is 79.9. The van der Waals surface area contributed by atoms with Crippen molar-refractivity contribution in [2.24, 2.45) is 0 Å². The first-order valence-electron chi connectivity index (χ1n) is 15.6.